The van der Waals surface area contributed by atoms with Gasteiger partial charge in [-0.15, -0.1) is 0 Å². The lowest BCUT2D eigenvalue weighted by molar-refractivity contribution is -0.133. The van der Waals surface area contributed by atoms with E-state index in [1.807, 2.05) is 36.2 Å². The molecule has 2 aromatic rings. The van der Waals surface area contributed by atoms with Crippen LogP contribution in [0.25, 0.3) is 5.69 Å². The molecule has 110 valence electrons. The molecule has 0 bridgehead atoms. The number of rotatable bonds is 4. The first-order chi connectivity index (χ1) is 10.1. The molecule has 5 nitrogen and oxygen atoms in total. The Labute approximate surface area is 124 Å². The summed E-state index contributed by atoms with van der Waals surface area (Å²) >= 11 is 0. The first-order valence-corrected chi connectivity index (χ1v) is 7.29. The summed E-state index contributed by atoms with van der Waals surface area (Å²) in [5, 5.41) is 4.11. The Morgan fingerprint density at radius 2 is 2.05 bits per heavy atom. The quantitative estimate of drug-likeness (QED) is 0.866. The zero-order valence-electron chi connectivity index (χ0n) is 12.6. The van der Waals surface area contributed by atoms with Crippen LogP contribution < -0.4 is 0 Å². The van der Waals surface area contributed by atoms with Crippen LogP contribution >= 0.6 is 0 Å². The van der Waals surface area contributed by atoms with Gasteiger partial charge in [0.15, 0.2) is 0 Å². The van der Waals surface area contributed by atoms with Crippen LogP contribution in [0.15, 0.2) is 36.9 Å². The van der Waals surface area contributed by atoms with Gasteiger partial charge in [0.1, 0.15) is 12.7 Å². The van der Waals surface area contributed by atoms with E-state index in [2.05, 4.69) is 23.9 Å². The highest BCUT2D eigenvalue weighted by Gasteiger charge is 2.41. The molecule has 3 atom stereocenters. The molecule has 0 radical (unpaired) electrons. The largest absolute Gasteiger partial charge is 0.339 e. The average Bonchev–Trinajstić information content (AvgIpc) is 3.02. The summed E-state index contributed by atoms with van der Waals surface area (Å²) in [5.74, 6) is 1.03. The van der Waals surface area contributed by atoms with E-state index in [0.29, 0.717) is 5.92 Å². The van der Waals surface area contributed by atoms with Crippen LogP contribution in [0.5, 0.6) is 0 Å². The molecule has 1 aromatic carbocycles. The molecule has 5 heteroatoms. The summed E-state index contributed by atoms with van der Waals surface area (Å²) in [6.07, 6.45) is 4.21. The number of hydrogen-bond acceptors (Lipinski definition) is 3. The van der Waals surface area contributed by atoms with Crippen LogP contribution in [0, 0.1) is 11.8 Å². The van der Waals surface area contributed by atoms with Gasteiger partial charge in [-0.2, -0.15) is 5.10 Å². The van der Waals surface area contributed by atoms with Crippen LogP contribution in [-0.4, -0.2) is 32.6 Å². The van der Waals surface area contributed by atoms with Crippen molar-refractivity contribution in [1.29, 1.82) is 0 Å². The van der Waals surface area contributed by atoms with Gasteiger partial charge in [-0.3, -0.25) is 4.79 Å². The summed E-state index contributed by atoms with van der Waals surface area (Å²) in [4.78, 5) is 18.1. The van der Waals surface area contributed by atoms with E-state index in [-0.39, 0.29) is 17.9 Å². The Bertz CT molecular complexity index is 620. The van der Waals surface area contributed by atoms with Crippen molar-refractivity contribution in [2.75, 3.05) is 7.05 Å². The van der Waals surface area contributed by atoms with E-state index >= 15 is 0 Å². The van der Waals surface area contributed by atoms with Crippen molar-refractivity contribution in [3.63, 3.8) is 0 Å². The third-order valence-corrected chi connectivity index (χ3v) is 4.41. The maximum Gasteiger partial charge on any atom is 0.226 e. The van der Waals surface area contributed by atoms with E-state index in [0.717, 1.165) is 17.7 Å². The molecule has 1 heterocycles. The summed E-state index contributed by atoms with van der Waals surface area (Å²) < 4.78 is 1.72. The Morgan fingerprint density at radius 1 is 1.38 bits per heavy atom. The molecular formula is C16H20N4O. The highest BCUT2D eigenvalue weighted by molar-refractivity contribution is 5.81. The SMILES string of the molecule is C[C@@H]1C[C@H]1C(=O)N(C)[C@H](C)c1ccc(-n2cncn2)cc1. The zero-order chi connectivity index (χ0) is 15.0. The second-order valence-electron chi connectivity index (χ2n) is 5.88. The fraction of sp³-hybridized carbons (Fsp3) is 0.438. The van der Waals surface area contributed by atoms with Crippen LogP contribution in [0.4, 0.5) is 0 Å². The lowest BCUT2D eigenvalue weighted by Crippen LogP contribution is -2.31. The van der Waals surface area contributed by atoms with E-state index in [1.54, 1.807) is 11.0 Å². The minimum atomic E-state index is 0.0788. The minimum Gasteiger partial charge on any atom is -0.339 e. The van der Waals surface area contributed by atoms with Crippen molar-refractivity contribution in [3.05, 3.63) is 42.5 Å². The molecule has 1 aromatic heterocycles. The molecule has 0 unspecified atom stereocenters. The fourth-order valence-electron chi connectivity index (χ4n) is 2.59. The van der Waals surface area contributed by atoms with Gasteiger partial charge in [0.25, 0.3) is 0 Å². The van der Waals surface area contributed by atoms with Crippen molar-refractivity contribution in [3.8, 4) is 5.69 Å². The number of nitrogens with zero attached hydrogens (tertiary/aromatic N) is 4. The lowest BCUT2D eigenvalue weighted by Gasteiger charge is -2.25. The Balaban J connectivity index is 1.72. The van der Waals surface area contributed by atoms with E-state index in [1.165, 1.54) is 6.33 Å². The molecule has 1 aliphatic carbocycles. The molecule has 1 saturated carbocycles. The molecule has 1 aliphatic rings. The number of carbonyl (C=O) groups is 1. The van der Waals surface area contributed by atoms with Gasteiger partial charge < -0.3 is 4.90 Å². The normalized spacial score (nSPS) is 21.9. The van der Waals surface area contributed by atoms with Gasteiger partial charge in [0, 0.05) is 13.0 Å². The van der Waals surface area contributed by atoms with Crippen molar-refractivity contribution in [2.45, 2.75) is 26.3 Å². The number of amides is 1. The maximum atomic E-state index is 12.3. The van der Waals surface area contributed by atoms with Gasteiger partial charge >= 0.3 is 0 Å². The monoisotopic (exact) mass is 284 g/mol. The second-order valence-corrected chi connectivity index (χ2v) is 5.88. The first kappa shape index (κ1) is 13.8. The van der Waals surface area contributed by atoms with E-state index in [9.17, 15) is 4.79 Å². The predicted octanol–water partition coefficient (Wildman–Crippen LogP) is 2.44. The number of hydrogen-bond donors (Lipinski definition) is 0. The molecule has 0 spiro atoms. The average molecular weight is 284 g/mol. The molecule has 3 rings (SSSR count). The highest BCUT2D eigenvalue weighted by Crippen LogP contribution is 2.40. The van der Waals surface area contributed by atoms with Gasteiger partial charge in [-0.1, -0.05) is 19.1 Å². The summed E-state index contributed by atoms with van der Waals surface area (Å²) in [7, 11) is 1.89. The molecule has 1 amide bonds. The standard InChI is InChI=1S/C16H20N4O/c1-11-8-15(11)16(21)19(3)12(2)13-4-6-14(7-5-13)20-10-17-9-18-20/h4-7,9-12,15H,8H2,1-3H3/t11-,12-,15-/m1/s1. The van der Waals surface area contributed by atoms with Crippen molar-refractivity contribution in [2.24, 2.45) is 11.8 Å². The fourth-order valence-corrected chi connectivity index (χ4v) is 2.59. The number of carbonyl (C=O) groups excluding carboxylic acids is 1. The Kier molecular flexibility index (Phi) is 3.49. The highest BCUT2D eigenvalue weighted by atomic mass is 16.2. The van der Waals surface area contributed by atoms with E-state index < -0.39 is 0 Å². The molecular weight excluding hydrogens is 264 g/mol. The lowest BCUT2D eigenvalue weighted by atomic mass is 10.1. The van der Waals surface area contributed by atoms with Crippen molar-refractivity contribution in [1.82, 2.24) is 19.7 Å². The molecule has 0 saturated heterocycles. The van der Waals surface area contributed by atoms with Gasteiger partial charge in [-0.05, 0) is 37.0 Å². The van der Waals surface area contributed by atoms with Gasteiger partial charge in [-0.25, -0.2) is 9.67 Å². The minimum absolute atomic E-state index is 0.0788. The van der Waals surface area contributed by atoms with E-state index in [4.69, 9.17) is 0 Å². The van der Waals surface area contributed by atoms with Crippen molar-refractivity contribution < 1.29 is 4.79 Å². The second kappa shape index (κ2) is 5.31. The Morgan fingerprint density at radius 3 is 2.57 bits per heavy atom. The van der Waals surface area contributed by atoms with Crippen LogP contribution in [0.2, 0.25) is 0 Å². The predicted molar refractivity (Wildman–Crippen MR) is 79.8 cm³/mol. The molecule has 0 aliphatic heterocycles. The third kappa shape index (κ3) is 2.68. The maximum absolute atomic E-state index is 12.3. The summed E-state index contributed by atoms with van der Waals surface area (Å²) in [6, 6.07) is 8.16. The van der Waals surface area contributed by atoms with Crippen LogP contribution in [0.3, 0.4) is 0 Å². The topological polar surface area (TPSA) is 51.0 Å². The zero-order valence-corrected chi connectivity index (χ0v) is 12.6. The summed E-state index contributed by atoms with van der Waals surface area (Å²) in [6.45, 7) is 4.20. The molecule has 0 N–H and O–H groups in total. The van der Waals surface area contributed by atoms with Gasteiger partial charge in [0.2, 0.25) is 5.91 Å². The Hall–Kier alpha value is -2.17. The summed E-state index contributed by atoms with van der Waals surface area (Å²) in [5.41, 5.74) is 2.09. The first-order valence-electron chi connectivity index (χ1n) is 7.29. The molecule has 21 heavy (non-hydrogen) atoms. The van der Waals surface area contributed by atoms with Crippen LogP contribution in [0.1, 0.15) is 31.9 Å². The smallest absolute Gasteiger partial charge is 0.226 e. The number of aromatic nitrogens is 3. The van der Waals surface area contributed by atoms with Crippen LogP contribution in [-0.2, 0) is 4.79 Å². The molecule has 1 fully saturated rings. The van der Waals surface area contributed by atoms with Crippen molar-refractivity contribution >= 4 is 5.91 Å². The number of benzene rings is 1. The third-order valence-electron chi connectivity index (χ3n) is 4.41. The van der Waals surface area contributed by atoms with Gasteiger partial charge in [0.05, 0.1) is 11.7 Å².